The lowest BCUT2D eigenvalue weighted by Crippen LogP contribution is -2.54. The fourth-order valence-electron chi connectivity index (χ4n) is 4.12. The Balaban J connectivity index is 1.51. The van der Waals surface area contributed by atoms with Gasteiger partial charge < -0.3 is 11.1 Å². The van der Waals surface area contributed by atoms with Crippen LogP contribution in [0.25, 0.3) is 0 Å². The highest BCUT2D eigenvalue weighted by Crippen LogP contribution is 2.28. The maximum absolute atomic E-state index is 12.8. The minimum Gasteiger partial charge on any atom is -0.326 e. The zero-order valence-electron chi connectivity index (χ0n) is 14.9. The van der Waals surface area contributed by atoms with E-state index < -0.39 is 23.8 Å². The summed E-state index contributed by atoms with van der Waals surface area (Å²) in [7, 11) is 0. The predicted octanol–water partition coefficient (Wildman–Crippen LogP) is 0.0572. The van der Waals surface area contributed by atoms with Gasteiger partial charge in [-0.1, -0.05) is 12.5 Å². The van der Waals surface area contributed by atoms with Crippen molar-refractivity contribution in [2.75, 3.05) is 0 Å². The molecule has 8 heteroatoms. The molecular formula is C19H22N4O4. The number of hydrogen-bond donors (Lipinski definition) is 3. The third kappa shape index (κ3) is 3.15. The Labute approximate surface area is 156 Å². The zero-order valence-corrected chi connectivity index (χ0v) is 14.9. The Kier molecular flexibility index (Phi) is 4.53. The van der Waals surface area contributed by atoms with E-state index in [0.717, 1.165) is 29.7 Å². The fourth-order valence-corrected chi connectivity index (χ4v) is 4.12. The molecule has 1 aliphatic carbocycles. The summed E-state index contributed by atoms with van der Waals surface area (Å²) in [5.41, 5.74) is 7.56. The molecule has 4 amide bonds. The van der Waals surface area contributed by atoms with Crippen LogP contribution in [0, 0.1) is 0 Å². The maximum atomic E-state index is 12.8. The minimum absolute atomic E-state index is 0.112. The zero-order chi connectivity index (χ0) is 19.1. The van der Waals surface area contributed by atoms with Crippen LogP contribution in [-0.2, 0) is 16.1 Å². The third-order valence-electron chi connectivity index (χ3n) is 5.64. The van der Waals surface area contributed by atoms with Crippen LogP contribution in [0.2, 0.25) is 0 Å². The molecular weight excluding hydrogens is 348 g/mol. The molecule has 3 atom stereocenters. The summed E-state index contributed by atoms with van der Waals surface area (Å²) in [5.74, 6) is -1.95. The van der Waals surface area contributed by atoms with Crippen LogP contribution in [0.4, 0.5) is 0 Å². The molecule has 3 aliphatic rings. The quantitative estimate of drug-likeness (QED) is 0.644. The van der Waals surface area contributed by atoms with Gasteiger partial charge in [-0.3, -0.25) is 29.4 Å². The molecule has 1 aromatic rings. The molecule has 0 aromatic heterocycles. The van der Waals surface area contributed by atoms with E-state index in [1.807, 2.05) is 6.07 Å². The topological polar surface area (TPSA) is 122 Å². The molecule has 1 saturated carbocycles. The van der Waals surface area contributed by atoms with E-state index in [1.165, 1.54) is 0 Å². The molecule has 27 heavy (non-hydrogen) atoms. The first kappa shape index (κ1) is 17.8. The number of rotatable bonds is 4. The first-order valence-electron chi connectivity index (χ1n) is 9.29. The number of nitrogens with zero attached hydrogens (tertiary/aromatic N) is 1. The average Bonchev–Trinajstić information content (AvgIpc) is 3.15. The van der Waals surface area contributed by atoms with E-state index in [9.17, 15) is 19.2 Å². The van der Waals surface area contributed by atoms with Gasteiger partial charge in [-0.25, -0.2) is 0 Å². The van der Waals surface area contributed by atoms with Crippen molar-refractivity contribution in [2.24, 2.45) is 5.73 Å². The highest BCUT2D eigenvalue weighted by molar-refractivity contribution is 6.23. The van der Waals surface area contributed by atoms with Gasteiger partial charge in [0, 0.05) is 25.0 Å². The molecule has 0 radical (unpaired) electrons. The van der Waals surface area contributed by atoms with Crippen LogP contribution in [0.3, 0.4) is 0 Å². The molecule has 4 N–H and O–H groups in total. The molecule has 2 fully saturated rings. The van der Waals surface area contributed by atoms with Gasteiger partial charge in [-0.2, -0.15) is 0 Å². The molecule has 142 valence electrons. The number of benzene rings is 1. The van der Waals surface area contributed by atoms with Crippen molar-refractivity contribution in [1.82, 2.24) is 15.5 Å². The SMILES string of the molecule is N[C@H]1CCC[C@@H]1NCc1ccc2c(c1)C(=O)N(C1CCC(=O)NC1=O)C2=O. The number of nitrogens with one attached hydrogen (secondary N) is 2. The maximum Gasteiger partial charge on any atom is 0.262 e. The molecule has 0 bridgehead atoms. The molecule has 0 spiro atoms. The third-order valence-corrected chi connectivity index (χ3v) is 5.64. The number of nitrogens with two attached hydrogens (primary N) is 1. The summed E-state index contributed by atoms with van der Waals surface area (Å²) in [6.07, 6.45) is 3.42. The first-order valence-corrected chi connectivity index (χ1v) is 9.29. The van der Waals surface area contributed by atoms with E-state index in [-0.39, 0.29) is 30.8 Å². The number of amides is 4. The second kappa shape index (κ2) is 6.86. The summed E-state index contributed by atoms with van der Waals surface area (Å²) in [4.78, 5) is 49.9. The average molecular weight is 370 g/mol. The van der Waals surface area contributed by atoms with Gasteiger partial charge >= 0.3 is 0 Å². The van der Waals surface area contributed by atoms with Crippen molar-refractivity contribution in [3.05, 3.63) is 34.9 Å². The van der Waals surface area contributed by atoms with Crippen LogP contribution >= 0.6 is 0 Å². The van der Waals surface area contributed by atoms with Crippen LogP contribution in [0.15, 0.2) is 18.2 Å². The van der Waals surface area contributed by atoms with Gasteiger partial charge in [0.1, 0.15) is 6.04 Å². The number of hydrogen-bond acceptors (Lipinski definition) is 6. The molecule has 8 nitrogen and oxygen atoms in total. The van der Waals surface area contributed by atoms with Crippen LogP contribution in [-0.4, -0.2) is 46.7 Å². The van der Waals surface area contributed by atoms with E-state index in [1.54, 1.807) is 12.1 Å². The summed E-state index contributed by atoms with van der Waals surface area (Å²) < 4.78 is 0. The highest BCUT2D eigenvalue weighted by Gasteiger charge is 2.44. The standard InChI is InChI=1S/C19H22N4O4/c20-13-2-1-3-14(13)21-9-10-4-5-11-12(8-10)19(27)23(18(11)26)15-6-7-16(24)22-17(15)25/h4-5,8,13-15,21H,1-3,6-7,9,20H2,(H,22,24,25)/t13-,14-,15?/m0/s1. The van der Waals surface area contributed by atoms with E-state index >= 15 is 0 Å². The number of piperidine rings is 1. The van der Waals surface area contributed by atoms with Crippen molar-refractivity contribution in [3.63, 3.8) is 0 Å². The summed E-state index contributed by atoms with van der Waals surface area (Å²) in [6.45, 7) is 0.561. The lowest BCUT2D eigenvalue weighted by molar-refractivity contribution is -0.136. The van der Waals surface area contributed by atoms with Crippen molar-refractivity contribution in [2.45, 2.75) is 56.8 Å². The van der Waals surface area contributed by atoms with Crippen molar-refractivity contribution >= 4 is 23.6 Å². The largest absolute Gasteiger partial charge is 0.326 e. The second-order valence-electron chi connectivity index (χ2n) is 7.41. The Hall–Kier alpha value is -2.58. The van der Waals surface area contributed by atoms with E-state index in [2.05, 4.69) is 10.6 Å². The van der Waals surface area contributed by atoms with Crippen LogP contribution < -0.4 is 16.4 Å². The van der Waals surface area contributed by atoms with Gasteiger partial charge in [0.25, 0.3) is 11.8 Å². The molecule has 1 aromatic carbocycles. The number of imide groups is 2. The van der Waals surface area contributed by atoms with Gasteiger partial charge in [0.2, 0.25) is 11.8 Å². The number of carbonyl (C=O) groups excluding carboxylic acids is 4. The molecule has 2 aliphatic heterocycles. The Morgan fingerprint density at radius 3 is 2.56 bits per heavy atom. The van der Waals surface area contributed by atoms with E-state index in [0.29, 0.717) is 17.7 Å². The van der Waals surface area contributed by atoms with Gasteiger partial charge in [0.15, 0.2) is 0 Å². The normalized spacial score (nSPS) is 27.9. The smallest absolute Gasteiger partial charge is 0.262 e. The summed E-state index contributed by atoms with van der Waals surface area (Å²) >= 11 is 0. The van der Waals surface area contributed by atoms with Crippen LogP contribution in [0.1, 0.15) is 58.4 Å². The van der Waals surface area contributed by atoms with Gasteiger partial charge in [0.05, 0.1) is 11.1 Å². The van der Waals surface area contributed by atoms with Gasteiger partial charge in [-0.15, -0.1) is 0 Å². The monoisotopic (exact) mass is 370 g/mol. The molecule has 1 saturated heterocycles. The summed E-state index contributed by atoms with van der Waals surface area (Å²) in [6, 6.07) is 4.61. The highest BCUT2D eigenvalue weighted by atomic mass is 16.2. The molecule has 4 rings (SSSR count). The second-order valence-corrected chi connectivity index (χ2v) is 7.41. The lowest BCUT2D eigenvalue weighted by atomic mass is 10.0. The van der Waals surface area contributed by atoms with Gasteiger partial charge in [-0.05, 0) is 37.0 Å². The van der Waals surface area contributed by atoms with Crippen molar-refractivity contribution in [3.8, 4) is 0 Å². The molecule has 2 heterocycles. The van der Waals surface area contributed by atoms with Crippen molar-refractivity contribution < 1.29 is 19.2 Å². The molecule has 1 unspecified atom stereocenters. The Bertz CT molecular complexity index is 837. The van der Waals surface area contributed by atoms with Crippen LogP contribution in [0.5, 0.6) is 0 Å². The Morgan fingerprint density at radius 2 is 1.85 bits per heavy atom. The fraction of sp³-hybridized carbons (Fsp3) is 0.474. The predicted molar refractivity (Wildman–Crippen MR) is 95.6 cm³/mol. The number of carbonyl (C=O) groups is 4. The van der Waals surface area contributed by atoms with E-state index in [4.69, 9.17) is 5.73 Å². The Morgan fingerprint density at radius 1 is 1.07 bits per heavy atom. The lowest BCUT2D eigenvalue weighted by Gasteiger charge is -2.27. The number of fused-ring (bicyclic) bond motifs is 1. The summed E-state index contributed by atoms with van der Waals surface area (Å²) in [5, 5.41) is 5.61. The minimum atomic E-state index is -0.937. The van der Waals surface area contributed by atoms with Crippen molar-refractivity contribution in [1.29, 1.82) is 0 Å². The first-order chi connectivity index (χ1) is 13.0.